The number of carbonyl (C=O) groups excluding carboxylic acids is 1. The summed E-state index contributed by atoms with van der Waals surface area (Å²) in [6.07, 6.45) is 3.43. The van der Waals surface area contributed by atoms with Crippen molar-refractivity contribution in [1.29, 1.82) is 0 Å². The van der Waals surface area contributed by atoms with Crippen molar-refractivity contribution in [3.8, 4) is 10.6 Å². The number of aryl methyl sites for hydroxylation is 1. The zero-order valence-electron chi connectivity index (χ0n) is 14.5. The Morgan fingerprint density at radius 2 is 1.96 bits per heavy atom. The van der Waals surface area contributed by atoms with Gasteiger partial charge in [0.2, 0.25) is 5.91 Å². The second-order valence-corrected chi connectivity index (χ2v) is 8.12. The molecule has 0 saturated carbocycles. The van der Waals surface area contributed by atoms with E-state index in [1.807, 2.05) is 36.4 Å². The molecule has 27 heavy (non-hydrogen) atoms. The zero-order valence-corrected chi connectivity index (χ0v) is 16.9. The summed E-state index contributed by atoms with van der Waals surface area (Å²) >= 11 is 7.63. The summed E-state index contributed by atoms with van der Waals surface area (Å²) in [7, 11) is 0. The molecule has 0 unspecified atom stereocenters. The molecular formula is C20H19Cl2N3OS. The van der Waals surface area contributed by atoms with Crippen LogP contribution in [0.3, 0.4) is 0 Å². The molecule has 1 aliphatic rings. The van der Waals surface area contributed by atoms with E-state index in [1.165, 1.54) is 11.3 Å². The normalized spacial score (nSPS) is 12.3. The molecule has 2 heterocycles. The number of nitrogens with one attached hydrogen (secondary N) is 1. The van der Waals surface area contributed by atoms with Crippen LogP contribution in [0.15, 0.2) is 42.5 Å². The van der Waals surface area contributed by atoms with Crippen LogP contribution in [0.25, 0.3) is 10.6 Å². The first-order valence-corrected chi connectivity index (χ1v) is 9.71. The zero-order chi connectivity index (χ0) is 18.1. The lowest BCUT2D eigenvalue weighted by atomic mass is 10.1. The number of amides is 1. The monoisotopic (exact) mass is 419 g/mol. The highest BCUT2D eigenvalue weighted by atomic mass is 35.5. The van der Waals surface area contributed by atoms with Crippen molar-refractivity contribution in [3.05, 3.63) is 63.6 Å². The van der Waals surface area contributed by atoms with Gasteiger partial charge < -0.3 is 11.1 Å². The Bertz CT molecular complexity index is 970. The Morgan fingerprint density at radius 1 is 1.19 bits per heavy atom. The standard InChI is InChI=1S/C20H18ClN3OS.ClH/c21-19-9-8-18(26-19)17-11-16(14-2-1-3-15(14)24-17)23-13-6-4-12(5-7-13)10-20(22)25;/h4-9,11H,1-3,10H2,(H2,22,25)(H,23,24);1H. The third-order valence-electron chi connectivity index (χ3n) is 4.49. The highest BCUT2D eigenvalue weighted by Crippen LogP contribution is 2.36. The van der Waals surface area contributed by atoms with Gasteiger partial charge in [0.15, 0.2) is 0 Å². The fourth-order valence-electron chi connectivity index (χ4n) is 3.30. The first-order valence-electron chi connectivity index (χ1n) is 8.51. The summed E-state index contributed by atoms with van der Waals surface area (Å²) < 4.78 is 0.766. The molecule has 4 nitrogen and oxygen atoms in total. The molecule has 3 N–H and O–H groups in total. The molecule has 1 aromatic carbocycles. The van der Waals surface area contributed by atoms with E-state index < -0.39 is 0 Å². The Morgan fingerprint density at radius 3 is 2.63 bits per heavy atom. The van der Waals surface area contributed by atoms with Crippen LogP contribution in [-0.2, 0) is 24.1 Å². The summed E-state index contributed by atoms with van der Waals surface area (Å²) in [5, 5.41) is 3.52. The van der Waals surface area contributed by atoms with Crippen molar-refractivity contribution in [1.82, 2.24) is 4.98 Å². The number of carbonyl (C=O) groups is 1. The van der Waals surface area contributed by atoms with E-state index >= 15 is 0 Å². The van der Waals surface area contributed by atoms with Crippen molar-refractivity contribution in [2.75, 3.05) is 5.32 Å². The molecule has 0 radical (unpaired) electrons. The topological polar surface area (TPSA) is 68.0 Å². The summed E-state index contributed by atoms with van der Waals surface area (Å²) in [4.78, 5) is 17.0. The fraction of sp³-hybridized carbons (Fsp3) is 0.200. The maximum Gasteiger partial charge on any atom is 0.221 e. The van der Waals surface area contributed by atoms with E-state index in [-0.39, 0.29) is 24.7 Å². The van der Waals surface area contributed by atoms with Crippen LogP contribution in [0.1, 0.15) is 23.2 Å². The van der Waals surface area contributed by atoms with E-state index in [1.54, 1.807) is 11.3 Å². The fourth-order valence-corrected chi connectivity index (χ4v) is 4.30. The van der Waals surface area contributed by atoms with E-state index in [0.717, 1.165) is 51.1 Å². The van der Waals surface area contributed by atoms with Gasteiger partial charge >= 0.3 is 0 Å². The summed E-state index contributed by atoms with van der Waals surface area (Å²) in [6.45, 7) is 0. The predicted molar refractivity (Wildman–Crippen MR) is 114 cm³/mol. The number of fused-ring (bicyclic) bond motifs is 1. The molecule has 0 aliphatic heterocycles. The number of benzene rings is 1. The number of nitrogens with two attached hydrogens (primary N) is 1. The van der Waals surface area contributed by atoms with E-state index in [0.29, 0.717) is 0 Å². The van der Waals surface area contributed by atoms with Crippen LogP contribution in [0.4, 0.5) is 11.4 Å². The Kier molecular flexibility index (Phi) is 6.05. The Labute approximate surface area is 173 Å². The lowest BCUT2D eigenvalue weighted by Gasteiger charge is -2.13. The van der Waals surface area contributed by atoms with Gasteiger partial charge in [-0.05, 0) is 60.7 Å². The number of primary amides is 1. The molecule has 0 bridgehead atoms. The van der Waals surface area contributed by atoms with E-state index in [9.17, 15) is 4.79 Å². The predicted octanol–water partition coefficient (Wildman–Crippen LogP) is 5.15. The van der Waals surface area contributed by atoms with Crippen molar-refractivity contribution in [3.63, 3.8) is 0 Å². The maximum absolute atomic E-state index is 11.0. The van der Waals surface area contributed by atoms with Gasteiger partial charge in [-0.1, -0.05) is 23.7 Å². The smallest absolute Gasteiger partial charge is 0.221 e. The molecule has 0 atom stereocenters. The molecule has 0 saturated heterocycles. The lowest BCUT2D eigenvalue weighted by molar-refractivity contribution is -0.117. The maximum atomic E-state index is 11.0. The Hall–Kier alpha value is -2.08. The number of nitrogens with zero attached hydrogens (tertiary/aromatic N) is 1. The number of halogens is 2. The summed E-state index contributed by atoms with van der Waals surface area (Å²) in [5.74, 6) is -0.322. The van der Waals surface area contributed by atoms with Crippen LogP contribution in [-0.4, -0.2) is 10.9 Å². The molecule has 0 spiro atoms. The minimum atomic E-state index is -0.322. The van der Waals surface area contributed by atoms with Crippen molar-refractivity contribution < 1.29 is 4.79 Å². The van der Waals surface area contributed by atoms with E-state index in [2.05, 4.69) is 11.4 Å². The number of pyridine rings is 1. The quantitative estimate of drug-likeness (QED) is 0.600. The minimum absolute atomic E-state index is 0. The van der Waals surface area contributed by atoms with Crippen molar-refractivity contribution >= 4 is 52.6 Å². The third kappa shape index (κ3) is 4.43. The molecule has 1 amide bonds. The van der Waals surface area contributed by atoms with Gasteiger partial charge in [-0.25, -0.2) is 0 Å². The molecule has 4 rings (SSSR count). The first kappa shape index (κ1) is 19.7. The van der Waals surface area contributed by atoms with Gasteiger partial charge in [0.05, 0.1) is 21.3 Å². The Balaban J connectivity index is 0.00000210. The molecular weight excluding hydrogens is 401 g/mol. The van der Waals surface area contributed by atoms with Gasteiger partial charge in [-0.2, -0.15) is 0 Å². The highest BCUT2D eigenvalue weighted by Gasteiger charge is 2.19. The highest BCUT2D eigenvalue weighted by molar-refractivity contribution is 7.19. The van der Waals surface area contributed by atoms with Crippen molar-refractivity contribution in [2.24, 2.45) is 5.73 Å². The average molecular weight is 420 g/mol. The second-order valence-electron chi connectivity index (χ2n) is 6.40. The summed E-state index contributed by atoms with van der Waals surface area (Å²) in [5.41, 5.74) is 11.6. The third-order valence-corrected chi connectivity index (χ3v) is 5.74. The van der Waals surface area contributed by atoms with Gasteiger partial charge in [0.1, 0.15) is 0 Å². The number of aromatic nitrogens is 1. The van der Waals surface area contributed by atoms with Crippen LogP contribution in [0.5, 0.6) is 0 Å². The van der Waals surface area contributed by atoms with Gasteiger partial charge in [0, 0.05) is 17.1 Å². The number of rotatable bonds is 5. The number of hydrogen-bond acceptors (Lipinski definition) is 4. The van der Waals surface area contributed by atoms with Gasteiger partial charge in [-0.15, -0.1) is 23.7 Å². The number of anilines is 2. The minimum Gasteiger partial charge on any atom is -0.369 e. The average Bonchev–Trinajstić information content (AvgIpc) is 3.25. The van der Waals surface area contributed by atoms with Gasteiger partial charge in [-0.3, -0.25) is 9.78 Å². The molecule has 3 aromatic rings. The molecule has 1 aliphatic carbocycles. The lowest BCUT2D eigenvalue weighted by Crippen LogP contribution is -2.13. The second kappa shape index (κ2) is 8.30. The summed E-state index contributed by atoms with van der Waals surface area (Å²) in [6, 6.07) is 13.8. The molecule has 7 heteroatoms. The van der Waals surface area contributed by atoms with Gasteiger partial charge in [0.25, 0.3) is 0 Å². The van der Waals surface area contributed by atoms with Crippen molar-refractivity contribution in [2.45, 2.75) is 25.7 Å². The number of thiophene rings is 1. The van der Waals surface area contributed by atoms with Crippen LogP contribution < -0.4 is 11.1 Å². The van der Waals surface area contributed by atoms with Crippen LogP contribution in [0.2, 0.25) is 4.34 Å². The van der Waals surface area contributed by atoms with Crippen LogP contribution >= 0.6 is 35.3 Å². The molecule has 0 fully saturated rings. The molecule has 2 aromatic heterocycles. The number of hydrogen-bond donors (Lipinski definition) is 2. The largest absolute Gasteiger partial charge is 0.369 e. The van der Waals surface area contributed by atoms with E-state index in [4.69, 9.17) is 22.3 Å². The first-order chi connectivity index (χ1) is 12.6. The van der Waals surface area contributed by atoms with Crippen LogP contribution in [0, 0.1) is 0 Å². The SMILES string of the molecule is Cl.NC(=O)Cc1ccc(Nc2cc(-c3ccc(Cl)s3)nc3c2CCC3)cc1. The molecule has 140 valence electrons.